The first-order valence-corrected chi connectivity index (χ1v) is 10.9. The van der Waals surface area contributed by atoms with Gasteiger partial charge in [0.1, 0.15) is 23.1 Å². The molecule has 0 aliphatic heterocycles. The Morgan fingerprint density at radius 2 is 1.35 bits per heavy atom. The normalized spacial score (nSPS) is 10.6. The van der Waals surface area contributed by atoms with Crippen LogP contribution in [0.4, 0.5) is 0 Å². The van der Waals surface area contributed by atoms with Gasteiger partial charge in [0.2, 0.25) is 0 Å². The second-order valence-corrected chi connectivity index (χ2v) is 7.87. The molecule has 34 heavy (non-hydrogen) atoms. The number of hydrogen-bond donors (Lipinski definition) is 0. The molecule has 0 unspecified atom stereocenters. The lowest BCUT2D eigenvalue weighted by molar-refractivity contribution is -0.126. The Morgan fingerprint density at radius 1 is 0.735 bits per heavy atom. The van der Waals surface area contributed by atoms with Gasteiger partial charge in [-0.3, -0.25) is 14.6 Å². The first kappa shape index (κ1) is 23.0. The first-order valence-electron chi connectivity index (χ1n) is 10.9. The molecule has 1 heterocycles. The smallest absolute Gasteiger partial charge is 0.162 e. The van der Waals surface area contributed by atoms with E-state index in [-0.39, 0.29) is 30.8 Å². The fourth-order valence-electron chi connectivity index (χ4n) is 3.73. The van der Waals surface area contributed by atoms with Crippen molar-refractivity contribution in [2.45, 2.75) is 19.3 Å². The van der Waals surface area contributed by atoms with E-state index in [1.165, 1.54) is 0 Å². The number of hydrogen-bond acceptors (Lipinski definition) is 6. The number of fused-ring (bicyclic) bond motifs is 1. The minimum Gasteiger partial charge on any atom is -0.493 e. The van der Waals surface area contributed by atoms with Crippen LogP contribution in [0.15, 0.2) is 79.0 Å². The maximum atomic E-state index is 12.4. The second kappa shape index (κ2) is 10.6. The van der Waals surface area contributed by atoms with E-state index in [0.717, 1.165) is 22.0 Å². The van der Waals surface area contributed by atoms with Crippen LogP contribution in [0.2, 0.25) is 0 Å². The summed E-state index contributed by atoms with van der Waals surface area (Å²) in [5, 5.41) is 0.788. The van der Waals surface area contributed by atoms with Gasteiger partial charge < -0.3 is 14.2 Å². The molecule has 4 rings (SSSR count). The fraction of sp³-hybridized carbons (Fsp3) is 0.179. The van der Waals surface area contributed by atoms with E-state index in [1.54, 1.807) is 44.7 Å². The lowest BCUT2D eigenvalue weighted by Gasteiger charge is -2.12. The number of methoxy groups -OCH3 is 2. The van der Waals surface area contributed by atoms with E-state index in [4.69, 9.17) is 14.2 Å². The number of aromatic nitrogens is 1. The van der Waals surface area contributed by atoms with Gasteiger partial charge in [-0.05, 0) is 35.4 Å². The van der Waals surface area contributed by atoms with Crippen LogP contribution in [0.1, 0.15) is 17.5 Å². The Labute approximate surface area is 198 Å². The molecular formula is C28H25NO5. The highest BCUT2D eigenvalue weighted by atomic mass is 16.5. The van der Waals surface area contributed by atoms with Gasteiger partial charge in [0.15, 0.2) is 11.5 Å². The molecule has 0 saturated heterocycles. The zero-order valence-corrected chi connectivity index (χ0v) is 19.1. The Morgan fingerprint density at radius 3 is 2.00 bits per heavy atom. The Hall–Kier alpha value is -4.19. The minimum atomic E-state index is -0.101. The molecule has 0 fully saturated rings. The molecular weight excluding hydrogens is 430 g/mol. The Bertz CT molecular complexity index is 1300. The summed E-state index contributed by atoms with van der Waals surface area (Å²) >= 11 is 0. The van der Waals surface area contributed by atoms with Crippen LogP contribution in [-0.2, 0) is 22.4 Å². The minimum absolute atomic E-state index is 0.0680. The molecule has 0 aliphatic rings. The molecule has 172 valence electrons. The van der Waals surface area contributed by atoms with Gasteiger partial charge in [0, 0.05) is 30.5 Å². The highest BCUT2D eigenvalue weighted by Crippen LogP contribution is 2.36. The summed E-state index contributed by atoms with van der Waals surface area (Å²) in [5.41, 5.74) is 2.47. The maximum absolute atomic E-state index is 12.4. The topological polar surface area (TPSA) is 74.7 Å². The van der Waals surface area contributed by atoms with Gasteiger partial charge in [-0.15, -0.1) is 0 Å². The van der Waals surface area contributed by atoms with Crippen LogP contribution in [0.5, 0.6) is 23.0 Å². The highest BCUT2D eigenvalue weighted by molar-refractivity contribution is 6.00. The van der Waals surface area contributed by atoms with Crippen molar-refractivity contribution in [1.82, 2.24) is 4.98 Å². The van der Waals surface area contributed by atoms with Crippen molar-refractivity contribution in [3.05, 3.63) is 90.1 Å². The summed E-state index contributed by atoms with van der Waals surface area (Å²) in [5.74, 6) is 2.25. The first-order chi connectivity index (χ1) is 16.6. The van der Waals surface area contributed by atoms with Gasteiger partial charge in [0.25, 0.3) is 0 Å². The predicted octanol–water partition coefficient (Wildman–Crippen LogP) is 5.36. The summed E-state index contributed by atoms with van der Waals surface area (Å²) in [6.07, 6.45) is 2.08. The third-order valence-electron chi connectivity index (χ3n) is 5.40. The van der Waals surface area contributed by atoms with Crippen molar-refractivity contribution in [3.8, 4) is 23.0 Å². The molecule has 0 N–H and O–H groups in total. The number of pyridine rings is 1. The number of nitrogens with zero attached hydrogens (tertiary/aromatic N) is 1. The zero-order chi connectivity index (χ0) is 23.9. The molecule has 6 nitrogen and oxygen atoms in total. The summed E-state index contributed by atoms with van der Waals surface area (Å²) in [4.78, 5) is 29.0. The number of Topliss-reactive ketones (excluding diaryl/α,β-unsaturated/α-hetero) is 2. The van der Waals surface area contributed by atoms with Gasteiger partial charge in [-0.1, -0.05) is 42.5 Å². The van der Waals surface area contributed by atoms with Crippen molar-refractivity contribution < 1.29 is 23.8 Å². The monoisotopic (exact) mass is 455 g/mol. The van der Waals surface area contributed by atoms with E-state index < -0.39 is 0 Å². The third kappa shape index (κ3) is 5.59. The summed E-state index contributed by atoms with van der Waals surface area (Å²) in [6.45, 7) is 0. The average Bonchev–Trinajstić information content (AvgIpc) is 2.85. The number of ether oxygens (including phenoxy) is 3. The van der Waals surface area contributed by atoms with E-state index in [2.05, 4.69) is 4.98 Å². The molecule has 0 aliphatic carbocycles. The maximum Gasteiger partial charge on any atom is 0.162 e. The summed E-state index contributed by atoms with van der Waals surface area (Å²) < 4.78 is 16.8. The number of benzene rings is 3. The Kier molecular flexibility index (Phi) is 7.18. The van der Waals surface area contributed by atoms with E-state index in [9.17, 15) is 9.59 Å². The van der Waals surface area contributed by atoms with Gasteiger partial charge in [-0.2, -0.15) is 0 Å². The van der Waals surface area contributed by atoms with E-state index >= 15 is 0 Å². The summed E-state index contributed by atoms with van der Waals surface area (Å²) in [7, 11) is 3.16. The van der Waals surface area contributed by atoms with Crippen LogP contribution in [0.25, 0.3) is 10.9 Å². The zero-order valence-electron chi connectivity index (χ0n) is 19.1. The van der Waals surface area contributed by atoms with Gasteiger partial charge in [0.05, 0.1) is 26.2 Å². The van der Waals surface area contributed by atoms with Crippen molar-refractivity contribution in [2.75, 3.05) is 14.2 Å². The predicted molar refractivity (Wildman–Crippen MR) is 130 cm³/mol. The molecule has 0 saturated carbocycles. The van der Waals surface area contributed by atoms with E-state index in [0.29, 0.717) is 23.0 Å². The molecule has 3 aromatic carbocycles. The van der Waals surface area contributed by atoms with Crippen LogP contribution < -0.4 is 14.2 Å². The molecule has 0 amide bonds. The molecule has 4 aromatic rings. The SMILES string of the molecule is COc1cc2nccc(Oc3ccc(CC(=O)CC(=O)Cc4ccccc4)cc3)c2cc1OC. The molecule has 6 heteroatoms. The van der Waals surface area contributed by atoms with E-state index in [1.807, 2.05) is 48.5 Å². The Balaban J connectivity index is 1.40. The molecule has 0 bridgehead atoms. The average molecular weight is 456 g/mol. The quantitative estimate of drug-likeness (QED) is 0.300. The van der Waals surface area contributed by atoms with Crippen molar-refractivity contribution in [3.63, 3.8) is 0 Å². The van der Waals surface area contributed by atoms with Crippen molar-refractivity contribution in [2.24, 2.45) is 0 Å². The lowest BCUT2D eigenvalue weighted by atomic mass is 10.0. The fourth-order valence-corrected chi connectivity index (χ4v) is 3.73. The summed E-state index contributed by atoms with van der Waals surface area (Å²) in [6, 6.07) is 22.1. The van der Waals surface area contributed by atoms with Gasteiger partial charge >= 0.3 is 0 Å². The third-order valence-corrected chi connectivity index (χ3v) is 5.40. The molecule has 0 radical (unpaired) electrons. The number of rotatable bonds is 10. The van der Waals surface area contributed by atoms with Crippen molar-refractivity contribution in [1.29, 1.82) is 0 Å². The molecule has 1 aromatic heterocycles. The standard InChI is InChI=1S/C28H25NO5/c1-32-27-17-24-25(18-28(27)33-2)29-13-12-26(24)34-23-10-8-20(9-11-23)15-22(31)16-21(30)14-19-6-4-3-5-7-19/h3-13,17-18H,14-16H2,1-2H3. The van der Waals surface area contributed by atoms with Crippen LogP contribution >= 0.6 is 0 Å². The number of carbonyl (C=O) groups excluding carboxylic acids is 2. The number of ketones is 2. The van der Waals surface area contributed by atoms with Crippen molar-refractivity contribution >= 4 is 22.5 Å². The number of carbonyl (C=O) groups is 2. The largest absolute Gasteiger partial charge is 0.493 e. The molecule has 0 spiro atoms. The second-order valence-electron chi connectivity index (χ2n) is 7.87. The van der Waals surface area contributed by atoms with Crippen LogP contribution in [0, 0.1) is 0 Å². The highest BCUT2D eigenvalue weighted by Gasteiger charge is 2.13. The lowest BCUT2D eigenvalue weighted by Crippen LogP contribution is -2.12. The van der Waals surface area contributed by atoms with Crippen LogP contribution in [0.3, 0.4) is 0 Å². The molecule has 0 atom stereocenters. The van der Waals surface area contributed by atoms with Gasteiger partial charge in [-0.25, -0.2) is 0 Å². The van der Waals surface area contributed by atoms with Crippen LogP contribution in [-0.4, -0.2) is 30.8 Å².